The second-order valence-electron chi connectivity index (χ2n) is 6.55. The Balaban J connectivity index is 1.66. The maximum atomic E-state index is 12.8. The second kappa shape index (κ2) is 9.01. The van der Waals surface area contributed by atoms with Crippen molar-refractivity contribution in [3.05, 3.63) is 64.5 Å². The van der Waals surface area contributed by atoms with Gasteiger partial charge in [-0.05, 0) is 43.2 Å². The molecule has 1 heterocycles. The maximum absolute atomic E-state index is 12.8. The molecular weight excluding hydrogens is 422 g/mol. The number of benzene rings is 2. The summed E-state index contributed by atoms with van der Waals surface area (Å²) in [6.07, 6.45) is -0.0104. The molecule has 6 nitrogen and oxygen atoms in total. The average Bonchev–Trinajstić information content (AvgIpc) is 3.14. The molecule has 0 aliphatic carbocycles. The van der Waals surface area contributed by atoms with E-state index in [1.54, 1.807) is 11.9 Å². The third kappa shape index (κ3) is 4.98. The van der Waals surface area contributed by atoms with Gasteiger partial charge in [0.25, 0.3) is 5.91 Å². The number of hydrogen-bond acceptors (Lipinski definition) is 5. The molecule has 0 aliphatic heterocycles. The van der Waals surface area contributed by atoms with Crippen LogP contribution in [-0.4, -0.2) is 34.1 Å². The molecule has 1 atom stereocenters. The fourth-order valence-electron chi connectivity index (χ4n) is 2.75. The molecule has 3 aromatic rings. The molecular formula is C21H22BrN3O3. The Bertz CT molecular complexity index is 957. The standard InChI is InChI=1S/C21H22BrN3O3/c1-4-18(27-17-10-5-7-14(2)11-17)21(26)25(3)13-19-23-20(24-28-19)15-8-6-9-16(22)12-15/h5-12,18H,4,13H2,1-3H3/t18-/m0/s1. The monoisotopic (exact) mass is 443 g/mol. The van der Waals surface area contributed by atoms with E-state index < -0.39 is 6.10 Å². The number of nitrogens with zero attached hydrogens (tertiary/aromatic N) is 3. The first-order valence-electron chi connectivity index (χ1n) is 9.03. The van der Waals surface area contributed by atoms with Crippen molar-refractivity contribution in [2.75, 3.05) is 7.05 Å². The first kappa shape index (κ1) is 20.1. The highest BCUT2D eigenvalue weighted by Crippen LogP contribution is 2.21. The number of aromatic nitrogens is 2. The van der Waals surface area contributed by atoms with Crippen molar-refractivity contribution in [2.45, 2.75) is 32.9 Å². The van der Waals surface area contributed by atoms with Crippen molar-refractivity contribution in [2.24, 2.45) is 0 Å². The summed E-state index contributed by atoms with van der Waals surface area (Å²) >= 11 is 3.43. The predicted molar refractivity (Wildman–Crippen MR) is 110 cm³/mol. The number of ether oxygens (including phenoxy) is 1. The van der Waals surface area contributed by atoms with E-state index in [4.69, 9.17) is 9.26 Å². The summed E-state index contributed by atoms with van der Waals surface area (Å²) in [7, 11) is 1.70. The van der Waals surface area contributed by atoms with E-state index in [0.717, 1.165) is 15.6 Å². The van der Waals surface area contributed by atoms with Crippen molar-refractivity contribution < 1.29 is 14.1 Å². The van der Waals surface area contributed by atoms with Crippen molar-refractivity contribution in [3.63, 3.8) is 0 Å². The van der Waals surface area contributed by atoms with E-state index in [0.29, 0.717) is 23.9 Å². The lowest BCUT2D eigenvalue weighted by Gasteiger charge is -2.22. The highest BCUT2D eigenvalue weighted by molar-refractivity contribution is 9.10. The largest absolute Gasteiger partial charge is 0.481 e. The molecule has 0 radical (unpaired) electrons. The Kier molecular flexibility index (Phi) is 6.46. The number of rotatable bonds is 7. The topological polar surface area (TPSA) is 68.5 Å². The molecule has 0 aliphatic rings. The molecule has 7 heteroatoms. The first-order valence-corrected chi connectivity index (χ1v) is 9.82. The summed E-state index contributed by atoms with van der Waals surface area (Å²) < 4.78 is 12.1. The van der Waals surface area contributed by atoms with Crippen molar-refractivity contribution >= 4 is 21.8 Å². The summed E-state index contributed by atoms with van der Waals surface area (Å²) in [5.74, 6) is 1.41. The van der Waals surface area contributed by atoms with Gasteiger partial charge in [0.05, 0.1) is 6.54 Å². The van der Waals surface area contributed by atoms with Crippen LogP contribution in [0.5, 0.6) is 5.75 Å². The summed E-state index contributed by atoms with van der Waals surface area (Å²) in [5.41, 5.74) is 1.92. The van der Waals surface area contributed by atoms with Crippen LogP contribution in [0, 0.1) is 6.92 Å². The molecule has 28 heavy (non-hydrogen) atoms. The van der Waals surface area contributed by atoms with Crippen LogP contribution in [0.15, 0.2) is 57.5 Å². The molecule has 1 amide bonds. The highest BCUT2D eigenvalue weighted by Gasteiger charge is 2.24. The molecule has 0 saturated heterocycles. The molecule has 0 spiro atoms. The number of carbonyl (C=O) groups is 1. The smallest absolute Gasteiger partial charge is 0.263 e. The summed E-state index contributed by atoms with van der Waals surface area (Å²) in [4.78, 5) is 18.7. The zero-order valence-electron chi connectivity index (χ0n) is 16.1. The van der Waals surface area contributed by atoms with Gasteiger partial charge in [-0.3, -0.25) is 4.79 Å². The third-order valence-corrected chi connectivity index (χ3v) is 4.71. The lowest BCUT2D eigenvalue weighted by atomic mass is 10.2. The maximum Gasteiger partial charge on any atom is 0.263 e. The molecule has 0 unspecified atom stereocenters. The van der Waals surface area contributed by atoms with E-state index in [2.05, 4.69) is 26.1 Å². The molecule has 146 valence electrons. The number of halogens is 1. The molecule has 2 aromatic carbocycles. The van der Waals surface area contributed by atoms with Crippen molar-refractivity contribution in [3.8, 4) is 17.1 Å². The van der Waals surface area contributed by atoms with E-state index >= 15 is 0 Å². The molecule has 0 N–H and O–H groups in total. The van der Waals surface area contributed by atoms with Crippen LogP contribution < -0.4 is 4.74 Å². The number of likely N-dealkylation sites (N-methyl/N-ethyl adjacent to an activating group) is 1. The molecule has 3 rings (SSSR count). The van der Waals surface area contributed by atoms with Crippen LogP contribution in [0.2, 0.25) is 0 Å². The molecule has 0 saturated carbocycles. The van der Waals surface area contributed by atoms with Gasteiger partial charge in [0.2, 0.25) is 11.7 Å². The van der Waals surface area contributed by atoms with Crippen LogP contribution >= 0.6 is 15.9 Å². The second-order valence-corrected chi connectivity index (χ2v) is 7.46. The van der Waals surface area contributed by atoms with Gasteiger partial charge in [0.15, 0.2) is 6.10 Å². The van der Waals surface area contributed by atoms with E-state index in [-0.39, 0.29) is 12.5 Å². The fourth-order valence-corrected chi connectivity index (χ4v) is 3.15. The van der Waals surface area contributed by atoms with Gasteiger partial charge in [-0.25, -0.2) is 0 Å². The van der Waals surface area contributed by atoms with Gasteiger partial charge in [-0.1, -0.05) is 52.3 Å². The summed E-state index contributed by atoms with van der Waals surface area (Å²) in [6, 6.07) is 15.3. The molecule has 0 fully saturated rings. The predicted octanol–water partition coefficient (Wildman–Crippen LogP) is 4.62. The minimum Gasteiger partial charge on any atom is -0.481 e. The van der Waals surface area contributed by atoms with Crippen LogP contribution in [0.25, 0.3) is 11.4 Å². The highest BCUT2D eigenvalue weighted by atomic mass is 79.9. The minimum atomic E-state index is -0.570. The number of amides is 1. The first-order chi connectivity index (χ1) is 13.5. The lowest BCUT2D eigenvalue weighted by Crippen LogP contribution is -2.39. The summed E-state index contributed by atoms with van der Waals surface area (Å²) in [6.45, 7) is 4.12. The Morgan fingerprint density at radius 1 is 1.25 bits per heavy atom. The Hall–Kier alpha value is -2.67. The minimum absolute atomic E-state index is 0.133. The van der Waals surface area contributed by atoms with Crippen LogP contribution in [-0.2, 0) is 11.3 Å². The van der Waals surface area contributed by atoms with Gasteiger partial charge in [-0.2, -0.15) is 4.98 Å². The quantitative estimate of drug-likeness (QED) is 0.532. The van der Waals surface area contributed by atoms with Gasteiger partial charge < -0.3 is 14.2 Å². The van der Waals surface area contributed by atoms with E-state index in [1.165, 1.54) is 0 Å². The number of aryl methyl sites for hydroxylation is 1. The van der Waals surface area contributed by atoms with Crippen LogP contribution in [0.4, 0.5) is 0 Å². The normalized spacial score (nSPS) is 11.9. The Morgan fingerprint density at radius 3 is 2.75 bits per heavy atom. The summed E-state index contributed by atoms with van der Waals surface area (Å²) in [5, 5.41) is 4.01. The zero-order chi connectivity index (χ0) is 20.1. The van der Waals surface area contributed by atoms with Crippen LogP contribution in [0.1, 0.15) is 24.8 Å². The Morgan fingerprint density at radius 2 is 2.04 bits per heavy atom. The third-order valence-electron chi connectivity index (χ3n) is 4.21. The lowest BCUT2D eigenvalue weighted by molar-refractivity contribution is -0.138. The van der Waals surface area contributed by atoms with Gasteiger partial charge >= 0.3 is 0 Å². The SMILES string of the molecule is CC[C@H](Oc1cccc(C)c1)C(=O)N(C)Cc1nc(-c2cccc(Br)c2)no1. The van der Waals surface area contributed by atoms with Crippen molar-refractivity contribution in [1.29, 1.82) is 0 Å². The number of carbonyl (C=O) groups excluding carboxylic acids is 1. The number of hydrogen-bond donors (Lipinski definition) is 0. The van der Waals surface area contributed by atoms with E-state index in [1.807, 2.05) is 62.4 Å². The Labute approximate surface area is 172 Å². The van der Waals surface area contributed by atoms with Gasteiger partial charge in [0, 0.05) is 17.1 Å². The van der Waals surface area contributed by atoms with E-state index in [9.17, 15) is 4.79 Å². The van der Waals surface area contributed by atoms with Gasteiger partial charge in [0.1, 0.15) is 5.75 Å². The van der Waals surface area contributed by atoms with Crippen molar-refractivity contribution in [1.82, 2.24) is 15.0 Å². The molecule has 1 aromatic heterocycles. The fraction of sp³-hybridized carbons (Fsp3) is 0.286. The van der Waals surface area contributed by atoms with Gasteiger partial charge in [-0.15, -0.1) is 0 Å². The van der Waals surface area contributed by atoms with Crippen LogP contribution in [0.3, 0.4) is 0 Å². The zero-order valence-corrected chi connectivity index (χ0v) is 17.6. The average molecular weight is 444 g/mol. The molecule has 0 bridgehead atoms.